The van der Waals surface area contributed by atoms with Crippen LogP contribution >= 0.6 is 0 Å². The Bertz CT molecular complexity index is 742. The standard InChI is InChI=1S/C16H17NO4S/c1-17-16(18)12-22(19,20)11-13-7-5-6-10-15(13)21-14-8-3-2-4-9-14/h2-10H,11-12H2,1H3,(H,17,18). The fourth-order valence-electron chi connectivity index (χ4n) is 1.90. The van der Waals surface area contributed by atoms with Gasteiger partial charge in [0.05, 0.1) is 5.75 Å². The van der Waals surface area contributed by atoms with Crippen LogP contribution in [0.1, 0.15) is 5.56 Å². The van der Waals surface area contributed by atoms with E-state index in [-0.39, 0.29) is 5.75 Å². The summed E-state index contributed by atoms with van der Waals surface area (Å²) in [6, 6.07) is 16.0. The summed E-state index contributed by atoms with van der Waals surface area (Å²) in [6.07, 6.45) is 0. The quantitative estimate of drug-likeness (QED) is 0.885. The number of carbonyl (C=O) groups is 1. The van der Waals surface area contributed by atoms with Gasteiger partial charge in [-0.25, -0.2) is 8.42 Å². The van der Waals surface area contributed by atoms with Gasteiger partial charge in [-0.05, 0) is 18.2 Å². The Labute approximate surface area is 129 Å². The largest absolute Gasteiger partial charge is 0.457 e. The lowest BCUT2D eigenvalue weighted by Gasteiger charge is -2.11. The summed E-state index contributed by atoms with van der Waals surface area (Å²) in [5, 5.41) is 2.31. The highest BCUT2D eigenvalue weighted by atomic mass is 32.2. The number of rotatable bonds is 6. The molecule has 0 unspecified atom stereocenters. The number of nitrogens with one attached hydrogen (secondary N) is 1. The molecule has 2 aromatic carbocycles. The van der Waals surface area contributed by atoms with Crippen LogP contribution in [-0.2, 0) is 20.4 Å². The Morgan fingerprint density at radius 1 is 1.05 bits per heavy atom. The molecule has 5 nitrogen and oxygen atoms in total. The molecule has 1 amide bonds. The van der Waals surface area contributed by atoms with Crippen molar-refractivity contribution < 1.29 is 17.9 Å². The molecular formula is C16H17NO4S. The predicted octanol–water partition coefficient (Wildman–Crippen LogP) is 2.14. The minimum Gasteiger partial charge on any atom is -0.457 e. The Morgan fingerprint density at radius 3 is 2.36 bits per heavy atom. The van der Waals surface area contributed by atoms with Crippen LogP contribution in [-0.4, -0.2) is 27.1 Å². The van der Waals surface area contributed by atoms with Crippen LogP contribution in [0.15, 0.2) is 54.6 Å². The summed E-state index contributed by atoms with van der Waals surface area (Å²) in [6.45, 7) is 0. The third-order valence-electron chi connectivity index (χ3n) is 2.95. The van der Waals surface area contributed by atoms with Crippen LogP contribution in [0, 0.1) is 0 Å². The van der Waals surface area contributed by atoms with Gasteiger partial charge in [0.2, 0.25) is 5.91 Å². The number of hydrogen-bond acceptors (Lipinski definition) is 4. The number of para-hydroxylation sites is 2. The molecule has 2 aromatic rings. The number of hydrogen-bond donors (Lipinski definition) is 1. The molecule has 0 saturated carbocycles. The third-order valence-corrected chi connectivity index (χ3v) is 4.40. The molecule has 1 N–H and O–H groups in total. The van der Waals surface area contributed by atoms with Gasteiger partial charge in [0.25, 0.3) is 0 Å². The van der Waals surface area contributed by atoms with Crippen LogP contribution in [0.2, 0.25) is 0 Å². The summed E-state index contributed by atoms with van der Waals surface area (Å²) in [4.78, 5) is 11.3. The number of carbonyl (C=O) groups excluding carboxylic acids is 1. The summed E-state index contributed by atoms with van der Waals surface area (Å²) >= 11 is 0. The molecule has 0 spiro atoms. The molecule has 0 aliphatic heterocycles. The Balaban J connectivity index is 2.20. The van der Waals surface area contributed by atoms with Crippen LogP contribution in [0.5, 0.6) is 11.5 Å². The second kappa shape index (κ2) is 7.09. The highest BCUT2D eigenvalue weighted by molar-refractivity contribution is 7.91. The van der Waals surface area contributed by atoms with Crippen molar-refractivity contribution in [3.8, 4) is 11.5 Å². The van der Waals surface area contributed by atoms with Crippen molar-refractivity contribution in [1.29, 1.82) is 0 Å². The van der Waals surface area contributed by atoms with Gasteiger partial charge in [0.15, 0.2) is 9.84 Å². The summed E-state index contributed by atoms with van der Waals surface area (Å²) < 4.78 is 29.8. The average Bonchev–Trinajstić information content (AvgIpc) is 2.49. The van der Waals surface area contributed by atoms with E-state index >= 15 is 0 Å². The van der Waals surface area contributed by atoms with Crippen molar-refractivity contribution in [3.63, 3.8) is 0 Å². The zero-order valence-corrected chi connectivity index (χ0v) is 13.0. The van der Waals surface area contributed by atoms with E-state index in [1.54, 1.807) is 36.4 Å². The molecule has 116 valence electrons. The van der Waals surface area contributed by atoms with E-state index in [0.717, 1.165) is 0 Å². The van der Waals surface area contributed by atoms with Crippen molar-refractivity contribution in [3.05, 3.63) is 60.2 Å². The molecule has 22 heavy (non-hydrogen) atoms. The second-order valence-corrected chi connectivity index (χ2v) is 6.79. The highest BCUT2D eigenvalue weighted by Gasteiger charge is 2.19. The molecule has 0 saturated heterocycles. The van der Waals surface area contributed by atoms with Crippen LogP contribution < -0.4 is 10.1 Å². The minimum atomic E-state index is -3.55. The molecule has 0 aliphatic carbocycles. The van der Waals surface area contributed by atoms with Crippen molar-refractivity contribution in [2.75, 3.05) is 12.8 Å². The Hall–Kier alpha value is -2.34. The highest BCUT2D eigenvalue weighted by Crippen LogP contribution is 2.26. The predicted molar refractivity (Wildman–Crippen MR) is 84.5 cm³/mol. The van der Waals surface area contributed by atoms with Gasteiger partial charge < -0.3 is 10.1 Å². The summed E-state index contributed by atoms with van der Waals surface area (Å²) in [5.41, 5.74) is 0.523. The zero-order chi connectivity index (χ0) is 16.0. The molecule has 0 radical (unpaired) electrons. The molecular weight excluding hydrogens is 302 g/mol. The van der Waals surface area contributed by atoms with Crippen LogP contribution in [0.4, 0.5) is 0 Å². The van der Waals surface area contributed by atoms with Gasteiger partial charge in [-0.3, -0.25) is 4.79 Å². The number of amides is 1. The second-order valence-electron chi connectivity index (χ2n) is 4.73. The van der Waals surface area contributed by atoms with E-state index < -0.39 is 21.5 Å². The molecule has 0 aromatic heterocycles. The molecule has 0 atom stereocenters. The maximum Gasteiger partial charge on any atom is 0.234 e. The number of sulfone groups is 1. The maximum absolute atomic E-state index is 12.1. The van der Waals surface area contributed by atoms with Gasteiger partial charge >= 0.3 is 0 Å². The van der Waals surface area contributed by atoms with E-state index in [4.69, 9.17) is 4.74 Å². The molecule has 6 heteroatoms. The van der Waals surface area contributed by atoms with Crippen molar-refractivity contribution in [2.45, 2.75) is 5.75 Å². The lowest BCUT2D eigenvalue weighted by molar-refractivity contribution is -0.118. The van der Waals surface area contributed by atoms with Crippen LogP contribution in [0.25, 0.3) is 0 Å². The zero-order valence-electron chi connectivity index (χ0n) is 12.2. The lowest BCUT2D eigenvalue weighted by atomic mass is 10.2. The van der Waals surface area contributed by atoms with Gasteiger partial charge in [0, 0.05) is 12.6 Å². The molecule has 0 fully saturated rings. The lowest BCUT2D eigenvalue weighted by Crippen LogP contribution is -2.27. The first-order valence-corrected chi connectivity index (χ1v) is 8.54. The smallest absolute Gasteiger partial charge is 0.234 e. The fraction of sp³-hybridized carbons (Fsp3) is 0.188. The normalized spacial score (nSPS) is 11.0. The van der Waals surface area contributed by atoms with E-state index in [2.05, 4.69) is 5.32 Å². The van der Waals surface area contributed by atoms with Gasteiger partial charge in [-0.15, -0.1) is 0 Å². The SMILES string of the molecule is CNC(=O)CS(=O)(=O)Cc1ccccc1Oc1ccccc1. The molecule has 2 rings (SSSR count). The van der Waals surface area contributed by atoms with Crippen LogP contribution in [0.3, 0.4) is 0 Å². The topological polar surface area (TPSA) is 72.5 Å². The number of ether oxygens (including phenoxy) is 1. The Morgan fingerprint density at radius 2 is 1.68 bits per heavy atom. The van der Waals surface area contributed by atoms with E-state index in [9.17, 15) is 13.2 Å². The third kappa shape index (κ3) is 4.60. The first-order valence-electron chi connectivity index (χ1n) is 6.72. The van der Waals surface area contributed by atoms with Gasteiger partial charge in [0.1, 0.15) is 17.3 Å². The van der Waals surface area contributed by atoms with Crippen molar-refractivity contribution >= 4 is 15.7 Å². The molecule has 0 bridgehead atoms. The van der Waals surface area contributed by atoms with E-state index in [0.29, 0.717) is 17.1 Å². The summed E-state index contributed by atoms with van der Waals surface area (Å²) in [5.74, 6) is -0.221. The fourth-order valence-corrected chi connectivity index (χ4v) is 3.26. The average molecular weight is 319 g/mol. The molecule has 0 heterocycles. The maximum atomic E-state index is 12.1. The number of benzene rings is 2. The van der Waals surface area contributed by atoms with Gasteiger partial charge in [-0.2, -0.15) is 0 Å². The summed E-state index contributed by atoms with van der Waals surface area (Å²) in [7, 11) is -2.15. The molecule has 0 aliphatic rings. The van der Waals surface area contributed by atoms with E-state index in [1.807, 2.05) is 18.2 Å². The minimum absolute atomic E-state index is 0.247. The Kier molecular flexibility index (Phi) is 5.16. The van der Waals surface area contributed by atoms with E-state index in [1.165, 1.54) is 7.05 Å². The van der Waals surface area contributed by atoms with Crippen molar-refractivity contribution in [2.24, 2.45) is 0 Å². The monoisotopic (exact) mass is 319 g/mol. The first kappa shape index (κ1) is 16.0. The van der Waals surface area contributed by atoms with Gasteiger partial charge in [-0.1, -0.05) is 36.4 Å². The first-order chi connectivity index (χ1) is 10.5. The van der Waals surface area contributed by atoms with Crippen molar-refractivity contribution in [1.82, 2.24) is 5.32 Å².